The molecule has 110 valence electrons. The van der Waals surface area contributed by atoms with E-state index in [9.17, 15) is 14.3 Å². The van der Waals surface area contributed by atoms with Gasteiger partial charge in [-0.3, -0.25) is 9.36 Å². The van der Waals surface area contributed by atoms with Gasteiger partial charge in [0.1, 0.15) is 19.2 Å². The number of phosphoric acid groups is 1. The van der Waals surface area contributed by atoms with Gasteiger partial charge in [-0.05, 0) is 0 Å². The van der Waals surface area contributed by atoms with Crippen molar-refractivity contribution in [3.63, 3.8) is 0 Å². The Bertz CT molecular complexity index is 286. The summed E-state index contributed by atoms with van der Waals surface area (Å²) in [5, 5.41) is 15.9. The molecule has 0 aliphatic rings. The minimum atomic E-state index is -4.51. The highest BCUT2D eigenvalue weighted by Crippen LogP contribution is 2.29. The number of carboxylic acid groups (broad SMARTS) is 1. The molecule has 0 amide bonds. The van der Waals surface area contributed by atoms with Crippen LogP contribution in [0.3, 0.4) is 0 Å². The van der Waals surface area contributed by atoms with E-state index in [-0.39, 0.29) is 6.61 Å². The number of phosphoric ester groups is 1. The van der Waals surface area contributed by atoms with Crippen molar-refractivity contribution in [3.05, 3.63) is 0 Å². The summed E-state index contributed by atoms with van der Waals surface area (Å²) < 4.78 is 14.8. The lowest BCUT2D eigenvalue weighted by molar-refractivity contribution is -0.870. The number of aliphatic carboxylic acids is 1. The number of quaternary nitrogens is 1. The number of likely N-dealkylation sites (N-methyl/N-ethyl adjacent to an activating group) is 1. The molecule has 0 aliphatic carbocycles. The summed E-state index contributed by atoms with van der Waals surface area (Å²) in [4.78, 5) is 27.9. The Hall–Kier alpha value is -0.540. The fourth-order valence-electron chi connectivity index (χ4n) is 0.508. The Kier molecular flexibility index (Phi) is 9.39. The lowest BCUT2D eigenvalue weighted by atomic mass is 10.3. The van der Waals surface area contributed by atoms with E-state index < -0.39 is 26.4 Å². The van der Waals surface area contributed by atoms with Crippen molar-refractivity contribution in [2.24, 2.45) is 5.73 Å². The van der Waals surface area contributed by atoms with Gasteiger partial charge in [0.15, 0.2) is 0 Å². The van der Waals surface area contributed by atoms with Crippen LogP contribution < -0.4 is 10.6 Å². The zero-order valence-corrected chi connectivity index (χ0v) is 11.5. The van der Waals surface area contributed by atoms with Gasteiger partial charge in [-0.15, -0.1) is 0 Å². The van der Waals surface area contributed by atoms with Crippen molar-refractivity contribution in [2.75, 3.05) is 40.9 Å². The largest absolute Gasteiger partial charge is 0.756 e. The van der Waals surface area contributed by atoms with Gasteiger partial charge in [0.05, 0.1) is 27.7 Å². The van der Waals surface area contributed by atoms with E-state index in [1.54, 1.807) is 0 Å². The molecular weight excluding hydrogens is 267 g/mol. The van der Waals surface area contributed by atoms with E-state index in [4.69, 9.17) is 20.8 Å². The van der Waals surface area contributed by atoms with E-state index in [0.29, 0.717) is 11.0 Å². The molecule has 0 bridgehead atoms. The quantitative estimate of drug-likeness (QED) is 0.310. The monoisotopic (exact) mass is 288 g/mol. The molecule has 18 heavy (non-hydrogen) atoms. The number of rotatable bonds is 6. The second-order valence-electron chi connectivity index (χ2n) is 4.44. The highest BCUT2D eigenvalue weighted by Gasteiger charge is 2.09. The van der Waals surface area contributed by atoms with Crippen LogP contribution in [0.5, 0.6) is 0 Å². The number of nitrogens with two attached hydrogens (primary N) is 1. The van der Waals surface area contributed by atoms with Gasteiger partial charge in [0.2, 0.25) is 0 Å². The van der Waals surface area contributed by atoms with Gasteiger partial charge in [-0.2, -0.15) is 0 Å². The van der Waals surface area contributed by atoms with Crippen LogP contribution in [0.15, 0.2) is 0 Å². The number of hydrogen-bond donors (Lipinski definition) is 4. The lowest BCUT2D eigenvalue weighted by Gasteiger charge is -2.25. The van der Waals surface area contributed by atoms with Crippen LogP contribution in [0.1, 0.15) is 0 Å². The number of aliphatic hydroxyl groups is 1. The molecule has 0 aromatic carbocycles. The maximum Gasteiger partial charge on any atom is 0.322 e. The van der Waals surface area contributed by atoms with Crippen molar-refractivity contribution in [1.29, 1.82) is 0 Å². The molecule has 0 aromatic heterocycles. The Morgan fingerprint density at radius 1 is 1.50 bits per heavy atom. The van der Waals surface area contributed by atoms with Gasteiger partial charge in [-0.1, -0.05) is 0 Å². The van der Waals surface area contributed by atoms with Crippen molar-refractivity contribution < 1.29 is 38.4 Å². The molecule has 2 atom stereocenters. The van der Waals surface area contributed by atoms with Crippen molar-refractivity contribution in [1.82, 2.24) is 0 Å². The fourth-order valence-corrected chi connectivity index (χ4v) is 0.821. The number of aliphatic hydroxyl groups excluding tert-OH is 1. The molecule has 0 saturated heterocycles. The molecular formula is C8H21N2O7P. The highest BCUT2D eigenvalue weighted by atomic mass is 31.2. The van der Waals surface area contributed by atoms with Gasteiger partial charge in [0.25, 0.3) is 7.82 Å². The van der Waals surface area contributed by atoms with Gasteiger partial charge < -0.3 is 34.7 Å². The topological polar surface area (TPSA) is 153 Å². The van der Waals surface area contributed by atoms with Crippen LogP contribution in [0.2, 0.25) is 0 Å². The van der Waals surface area contributed by atoms with Crippen LogP contribution in [-0.4, -0.2) is 72.5 Å². The van der Waals surface area contributed by atoms with Crippen molar-refractivity contribution >= 4 is 13.8 Å². The second kappa shape index (κ2) is 8.54. The summed E-state index contributed by atoms with van der Waals surface area (Å²) in [7, 11) is 1.19. The van der Waals surface area contributed by atoms with E-state index >= 15 is 0 Å². The third-order valence-corrected chi connectivity index (χ3v) is 2.04. The maximum absolute atomic E-state index is 10.1. The normalized spacial score (nSPS) is 16.2. The van der Waals surface area contributed by atoms with Gasteiger partial charge in [-0.25, -0.2) is 0 Å². The molecule has 0 fully saturated rings. The summed E-state index contributed by atoms with van der Waals surface area (Å²) in [6, 6.07) is -1.13. The van der Waals surface area contributed by atoms with Crippen molar-refractivity contribution in [3.8, 4) is 0 Å². The summed E-state index contributed by atoms with van der Waals surface area (Å²) >= 11 is 0. The summed E-state index contributed by atoms with van der Waals surface area (Å²) in [5.41, 5.74) is 4.77. The molecule has 1 unspecified atom stereocenters. The first-order valence-electron chi connectivity index (χ1n) is 4.97. The third-order valence-electron chi connectivity index (χ3n) is 1.53. The standard InChI is InChI=1S/C5H14NO4P.C3H7NO3/c1-6(2,3)4-5-10-11(7,8)9;4-2(1-5)3(6)7/h4-5H2,1-3H3,(H-,7,8,9);2,5H,1,4H2,(H,6,7)/t;2-/m.0/s1. The molecule has 0 radical (unpaired) electrons. The predicted molar refractivity (Wildman–Crippen MR) is 61.4 cm³/mol. The molecule has 0 aliphatic heterocycles. The first-order chi connectivity index (χ1) is 7.89. The minimum absolute atomic E-state index is 0.0147. The molecule has 0 heterocycles. The van der Waals surface area contributed by atoms with Gasteiger partial charge >= 0.3 is 5.97 Å². The predicted octanol–water partition coefficient (Wildman–Crippen LogP) is -2.44. The van der Waals surface area contributed by atoms with E-state index in [0.717, 1.165) is 0 Å². The molecule has 5 N–H and O–H groups in total. The van der Waals surface area contributed by atoms with Gasteiger partial charge in [0, 0.05) is 0 Å². The Morgan fingerprint density at radius 3 is 2.11 bits per heavy atom. The van der Waals surface area contributed by atoms with Crippen LogP contribution in [0.4, 0.5) is 0 Å². The number of carbonyl (C=O) groups is 1. The van der Waals surface area contributed by atoms with Crippen LogP contribution in [-0.2, 0) is 13.9 Å². The number of hydrogen-bond acceptors (Lipinski definition) is 6. The van der Waals surface area contributed by atoms with E-state index in [2.05, 4.69) is 4.52 Å². The molecule has 9 nitrogen and oxygen atoms in total. The average Bonchev–Trinajstić information content (AvgIpc) is 2.13. The summed E-state index contributed by atoms with van der Waals surface area (Å²) in [6.07, 6.45) is 0. The summed E-state index contributed by atoms with van der Waals surface area (Å²) in [6.45, 7) is 0.0445. The summed E-state index contributed by atoms with van der Waals surface area (Å²) in [5.74, 6) is -1.18. The van der Waals surface area contributed by atoms with E-state index in [1.165, 1.54) is 0 Å². The fraction of sp³-hybridized carbons (Fsp3) is 0.875. The third kappa shape index (κ3) is 17.8. The smallest absolute Gasteiger partial charge is 0.322 e. The Balaban J connectivity index is 0. The molecule has 0 saturated carbocycles. The van der Waals surface area contributed by atoms with Crippen LogP contribution >= 0.6 is 7.82 Å². The average molecular weight is 288 g/mol. The minimum Gasteiger partial charge on any atom is -0.756 e. The second-order valence-corrected chi connectivity index (χ2v) is 5.64. The zero-order valence-electron chi connectivity index (χ0n) is 10.6. The number of nitrogens with zero attached hydrogens (tertiary/aromatic N) is 1. The van der Waals surface area contributed by atoms with E-state index in [1.807, 2.05) is 21.1 Å². The zero-order chi connectivity index (χ0) is 15.0. The maximum atomic E-state index is 10.1. The van der Waals surface area contributed by atoms with Crippen molar-refractivity contribution in [2.45, 2.75) is 6.04 Å². The SMILES string of the molecule is C[N+](C)(C)CCOP(=O)([O-])O.N[C@@H](CO)C(=O)O. The number of carboxylic acids is 1. The Morgan fingerprint density at radius 2 is 1.94 bits per heavy atom. The molecule has 10 heteroatoms. The van der Waals surface area contributed by atoms with Crippen LogP contribution in [0.25, 0.3) is 0 Å². The Labute approximate surface area is 106 Å². The first kappa shape index (κ1) is 19.8. The van der Waals surface area contributed by atoms with Crippen LogP contribution in [0, 0.1) is 0 Å². The molecule has 0 aromatic rings. The molecule has 0 rings (SSSR count). The highest BCUT2D eigenvalue weighted by molar-refractivity contribution is 7.44. The lowest BCUT2D eigenvalue weighted by Crippen LogP contribution is -2.37. The molecule has 0 spiro atoms. The first-order valence-corrected chi connectivity index (χ1v) is 6.46.